The van der Waals surface area contributed by atoms with Crippen molar-refractivity contribution in [2.75, 3.05) is 5.32 Å². The monoisotopic (exact) mass is 307 g/mol. The molecular weight excluding hydrogens is 290 g/mol. The van der Waals surface area contributed by atoms with Crippen LogP contribution >= 0.6 is 23.1 Å². The lowest BCUT2D eigenvalue weighted by Gasteiger charge is -2.13. The van der Waals surface area contributed by atoms with Crippen molar-refractivity contribution in [3.05, 3.63) is 40.9 Å². The van der Waals surface area contributed by atoms with E-state index in [1.54, 1.807) is 11.8 Å². The van der Waals surface area contributed by atoms with Gasteiger partial charge in [0.05, 0.1) is 5.25 Å². The van der Waals surface area contributed by atoms with Crippen molar-refractivity contribution < 1.29 is 4.79 Å². The van der Waals surface area contributed by atoms with Gasteiger partial charge < -0.3 is 0 Å². The van der Waals surface area contributed by atoms with E-state index in [0.29, 0.717) is 5.13 Å². The molecule has 0 spiro atoms. The minimum absolute atomic E-state index is 0.00424. The summed E-state index contributed by atoms with van der Waals surface area (Å²) in [6.45, 7) is 3.89. The number of thioether (sulfide) groups is 1. The van der Waals surface area contributed by atoms with E-state index in [2.05, 4.69) is 27.6 Å². The standard InChI is InChI=1S/C14H17N3OS2/c1-3-12(19-9-11-7-5-4-6-8-11)13(18)15-14-17-16-10(2)20-14/h4-8,12H,3,9H2,1-2H3,(H,15,17,18). The Labute approximate surface area is 127 Å². The summed E-state index contributed by atoms with van der Waals surface area (Å²) in [7, 11) is 0. The Morgan fingerprint density at radius 1 is 1.35 bits per heavy atom. The second kappa shape index (κ2) is 7.40. The van der Waals surface area contributed by atoms with E-state index in [1.807, 2.05) is 32.0 Å². The first-order valence-corrected chi connectivity index (χ1v) is 8.32. The molecule has 1 aromatic heterocycles. The van der Waals surface area contributed by atoms with Gasteiger partial charge in [-0.1, -0.05) is 48.6 Å². The van der Waals surface area contributed by atoms with Crippen LogP contribution in [0.5, 0.6) is 0 Å². The number of carbonyl (C=O) groups excluding carboxylic acids is 1. The van der Waals surface area contributed by atoms with Crippen LogP contribution in [0.2, 0.25) is 0 Å². The number of amides is 1. The predicted octanol–water partition coefficient (Wildman–Crippen LogP) is 3.50. The molecule has 0 aliphatic heterocycles. The first-order valence-electron chi connectivity index (χ1n) is 6.45. The number of nitrogens with one attached hydrogen (secondary N) is 1. The van der Waals surface area contributed by atoms with Gasteiger partial charge in [0.1, 0.15) is 5.01 Å². The number of carbonyl (C=O) groups is 1. The second-order valence-corrected chi connectivity index (χ2v) is 6.68. The fourth-order valence-corrected chi connectivity index (χ4v) is 3.31. The highest BCUT2D eigenvalue weighted by molar-refractivity contribution is 7.99. The summed E-state index contributed by atoms with van der Waals surface area (Å²) in [6.07, 6.45) is 0.793. The lowest BCUT2D eigenvalue weighted by atomic mass is 10.2. The van der Waals surface area contributed by atoms with Gasteiger partial charge in [0, 0.05) is 5.75 Å². The molecular formula is C14H17N3OS2. The summed E-state index contributed by atoms with van der Waals surface area (Å²) >= 11 is 3.05. The van der Waals surface area contributed by atoms with E-state index in [4.69, 9.17) is 0 Å². The van der Waals surface area contributed by atoms with Crippen molar-refractivity contribution in [1.82, 2.24) is 10.2 Å². The summed E-state index contributed by atoms with van der Waals surface area (Å²) in [5.41, 5.74) is 1.23. The Morgan fingerprint density at radius 2 is 2.10 bits per heavy atom. The molecule has 0 aliphatic carbocycles. The molecule has 0 saturated carbocycles. The maximum Gasteiger partial charge on any atom is 0.239 e. The molecule has 2 rings (SSSR count). The molecule has 1 atom stereocenters. The van der Waals surface area contributed by atoms with Gasteiger partial charge in [-0.05, 0) is 18.9 Å². The van der Waals surface area contributed by atoms with Crippen LogP contribution < -0.4 is 5.32 Å². The number of nitrogens with zero attached hydrogens (tertiary/aromatic N) is 2. The van der Waals surface area contributed by atoms with Crippen LogP contribution in [-0.2, 0) is 10.5 Å². The Bertz CT molecular complexity index is 557. The zero-order valence-electron chi connectivity index (χ0n) is 11.5. The molecule has 1 unspecified atom stereocenters. The van der Waals surface area contributed by atoms with E-state index >= 15 is 0 Å². The Balaban J connectivity index is 1.89. The summed E-state index contributed by atoms with van der Waals surface area (Å²) in [4.78, 5) is 12.2. The van der Waals surface area contributed by atoms with Gasteiger partial charge in [-0.15, -0.1) is 22.0 Å². The number of aromatic nitrogens is 2. The molecule has 0 bridgehead atoms. The Hall–Kier alpha value is -1.40. The molecule has 106 valence electrons. The number of rotatable bonds is 6. The molecule has 1 amide bonds. The minimum Gasteiger partial charge on any atom is -0.300 e. The lowest BCUT2D eigenvalue weighted by molar-refractivity contribution is -0.115. The van der Waals surface area contributed by atoms with Crippen molar-refractivity contribution in [3.8, 4) is 0 Å². The summed E-state index contributed by atoms with van der Waals surface area (Å²) in [5, 5.41) is 12.0. The minimum atomic E-state index is -0.0700. The van der Waals surface area contributed by atoms with Gasteiger partial charge >= 0.3 is 0 Å². The summed E-state index contributed by atoms with van der Waals surface area (Å²) < 4.78 is 0. The molecule has 0 fully saturated rings. The molecule has 1 heterocycles. The van der Waals surface area contributed by atoms with Gasteiger partial charge in [0.2, 0.25) is 11.0 Å². The van der Waals surface area contributed by atoms with Crippen molar-refractivity contribution in [2.24, 2.45) is 0 Å². The van der Waals surface area contributed by atoms with Crippen LogP contribution in [0.25, 0.3) is 0 Å². The fourth-order valence-electron chi connectivity index (χ4n) is 1.68. The molecule has 1 N–H and O–H groups in total. The highest BCUT2D eigenvalue weighted by Crippen LogP contribution is 2.22. The molecule has 0 aliphatic rings. The van der Waals surface area contributed by atoms with Crippen LogP contribution in [0.15, 0.2) is 30.3 Å². The van der Waals surface area contributed by atoms with Crippen LogP contribution in [0.1, 0.15) is 23.9 Å². The van der Waals surface area contributed by atoms with Gasteiger partial charge in [0.15, 0.2) is 0 Å². The fraction of sp³-hybridized carbons (Fsp3) is 0.357. The van der Waals surface area contributed by atoms with E-state index in [-0.39, 0.29) is 11.2 Å². The maximum atomic E-state index is 12.2. The summed E-state index contributed by atoms with van der Waals surface area (Å²) in [5.74, 6) is 0.839. The van der Waals surface area contributed by atoms with Crippen molar-refractivity contribution >= 4 is 34.1 Å². The van der Waals surface area contributed by atoms with Crippen LogP contribution in [0.4, 0.5) is 5.13 Å². The van der Waals surface area contributed by atoms with E-state index in [9.17, 15) is 4.79 Å². The van der Waals surface area contributed by atoms with Crippen molar-refractivity contribution in [2.45, 2.75) is 31.3 Å². The summed E-state index contributed by atoms with van der Waals surface area (Å²) in [6, 6.07) is 10.2. The topological polar surface area (TPSA) is 54.9 Å². The van der Waals surface area contributed by atoms with Crippen LogP contribution in [0, 0.1) is 6.92 Å². The highest BCUT2D eigenvalue weighted by Gasteiger charge is 2.18. The number of aryl methyl sites for hydroxylation is 1. The number of benzene rings is 1. The number of anilines is 1. The molecule has 0 saturated heterocycles. The van der Waals surface area contributed by atoms with E-state index < -0.39 is 0 Å². The first kappa shape index (κ1) is 15.0. The number of hydrogen-bond acceptors (Lipinski definition) is 5. The predicted molar refractivity (Wildman–Crippen MR) is 85.1 cm³/mol. The number of hydrogen-bond donors (Lipinski definition) is 1. The van der Waals surface area contributed by atoms with E-state index in [1.165, 1.54) is 16.9 Å². The quantitative estimate of drug-likeness (QED) is 0.887. The third kappa shape index (κ3) is 4.31. The SMILES string of the molecule is CCC(SCc1ccccc1)C(=O)Nc1nnc(C)s1. The molecule has 4 nitrogen and oxygen atoms in total. The zero-order chi connectivity index (χ0) is 14.4. The average molecular weight is 307 g/mol. The van der Waals surface area contributed by atoms with Gasteiger partial charge in [0.25, 0.3) is 0 Å². The van der Waals surface area contributed by atoms with Gasteiger partial charge in [-0.2, -0.15) is 0 Å². The normalized spacial score (nSPS) is 12.1. The van der Waals surface area contributed by atoms with Crippen molar-refractivity contribution in [1.29, 1.82) is 0 Å². The first-order chi connectivity index (χ1) is 9.69. The van der Waals surface area contributed by atoms with Gasteiger partial charge in [-0.25, -0.2) is 0 Å². The smallest absolute Gasteiger partial charge is 0.239 e. The van der Waals surface area contributed by atoms with Crippen LogP contribution in [-0.4, -0.2) is 21.4 Å². The van der Waals surface area contributed by atoms with Crippen molar-refractivity contribution in [3.63, 3.8) is 0 Å². The van der Waals surface area contributed by atoms with Crippen LogP contribution in [0.3, 0.4) is 0 Å². The third-order valence-electron chi connectivity index (χ3n) is 2.71. The van der Waals surface area contributed by atoms with E-state index in [0.717, 1.165) is 17.2 Å². The highest BCUT2D eigenvalue weighted by atomic mass is 32.2. The second-order valence-electron chi connectivity index (χ2n) is 4.31. The van der Waals surface area contributed by atoms with Gasteiger partial charge in [-0.3, -0.25) is 10.1 Å². The molecule has 2 aromatic rings. The third-order valence-corrected chi connectivity index (χ3v) is 4.92. The lowest BCUT2D eigenvalue weighted by Crippen LogP contribution is -2.24. The molecule has 1 aromatic carbocycles. The Morgan fingerprint density at radius 3 is 2.70 bits per heavy atom. The molecule has 6 heteroatoms. The molecule has 0 radical (unpaired) electrons. The maximum absolute atomic E-state index is 12.2. The average Bonchev–Trinajstić information content (AvgIpc) is 2.86. The zero-order valence-corrected chi connectivity index (χ0v) is 13.1. The largest absolute Gasteiger partial charge is 0.300 e. The Kier molecular flexibility index (Phi) is 5.55. The molecule has 20 heavy (non-hydrogen) atoms.